The zero-order valence-electron chi connectivity index (χ0n) is 11.6. The van der Waals surface area contributed by atoms with Gasteiger partial charge in [-0.15, -0.1) is 0 Å². The van der Waals surface area contributed by atoms with E-state index < -0.39 is 12.2 Å². The molecule has 1 fully saturated rings. The second-order valence-electron chi connectivity index (χ2n) is 5.03. The van der Waals surface area contributed by atoms with Crippen LogP contribution in [-0.4, -0.2) is 41.2 Å². The number of aliphatic hydroxyl groups is 1. The van der Waals surface area contributed by atoms with Crippen molar-refractivity contribution in [2.45, 2.75) is 38.4 Å². The average Bonchev–Trinajstić information content (AvgIpc) is 2.46. The molecule has 110 valence electrons. The number of aliphatic hydroxyl groups excluding tert-OH is 1. The third-order valence-electron chi connectivity index (χ3n) is 3.46. The van der Waals surface area contributed by atoms with Gasteiger partial charge in [0.2, 0.25) is 0 Å². The van der Waals surface area contributed by atoms with Crippen molar-refractivity contribution < 1.29 is 14.6 Å². The highest BCUT2D eigenvalue weighted by Gasteiger charge is 2.28. The molecule has 1 aromatic carbocycles. The van der Waals surface area contributed by atoms with Crippen molar-refractivity contribution in [3.63, 3.8) is 0 Å². The first-order valence-corrected chi connectivity index (χ1v) is 7.37. The number of likely N-dealkylation sites (tertiary alicyclic amines) is 1. The predicted molar refractivity (Wildman–Crippen MR) is 78.0 cm³/mol. The number of halogens is 1. The van der Waals surface area contributed by atoms with Crippen LogP contribution < -0.4 is 4.74 Å². The molecule has 20 heavy (non-hydrogen) atoms. The van der Waals surface area contributed by atoms with E-state index in [1.807, 2.05) is 19.1 Å². The van der Waals surface area contributed by atoms with Crippen LogP contribution in [0.4, 0.5) is 0 Å². The summed E-state index contributed by atoms with van der Waals surface area (Å²) in [6.07, 6.45) is 1.17. The van der Waals surface area contributed by atoms with Gasteiger partial charge >= 0.3 is 0 Å². The molecule has 1 N–H and O–H groups in total. The second kappa shape index (κ2) is 6.95. The van der Waals surface area contributed by atoms with E-state index in [1.54, 1.807) is 17.0 Å². The number of piperidine rings is 1. The highest BCUT2D eigenvalue weighted by molar-refractivity contribution is 6.32. The van der Waals surface area contributed by atoms with Crippen LogP contribution in [0.2, 0.25) is 5.02 Å². The maximum Gasteiger partial charge on any atom is 0.263 e. The number of carbonyl (C=O) groups excluding carboxylic acids is 1. The van der Waals surface area contributed by atoms with E-state index >= 15 is 0 Å². The summed E-state index contributed by atoms with van der Waals surface area (Å²) in [6.45, 7) is 2.97. The lowest BCUT2D eigenvalue weighted by molar-refractivity contribution is -0.141. The monoisotopic (exact) mass is 297 g/mol. The molecule has 2 atom stereocenters. The minimum Gasteiger partial charge on any atom is -0.479 e. The molecule has 1 saturated heterocycles. The molecule has 0 aliphatic carbocycles. The van der Waals surface area contributed by atoms with Crippen molar-refractivity contribution in [3.05, 3.63) is 29.3 Å². The molecule has 2 rings (SSSR count). The minimum absolute atomic E-state index is 0.0776. The van der Waals surface area contributed by atoms with Gasteiger partial charge in [0.15, 0.2) is 6.10 Å². The van der Waals surface area contributed by atoms with Crippen molar-refractivity contribution in [1.82, 2.24) is 4.90 Å². The topological polar surface area (TPSA) is 49.8 Å². The zero-order chi connectivity index (χ0) is 14.5. The lowest BCUT2D eigenvalue weighted by Crippen LogP contribution is -2.48. The smallest absolute Gasteiger partial charge is 0.263 e. The van der Waals surface area contributed by atoms with Gasteiger partial charge in [0, 0.05) is 13.1 Å². The molecule has 1 amide bonds. The number of hydrogen-bond acceptors (Lipinski definition) is 3. The van der Waals surface area contributed by atoms with Gasteiger partial charge in [-0.05, 0) is 31.4 Å². The molecular formula is C15H20ClNO3. The van der Waals surface area contributed by atoms with Crippen LogP contribution in [0.3, 0.4) is 0 Å². The third kappa shape index (κ3) is 3.64. The first-order chi connectivity index (χ1) is 9.61. The number of benzene rings is 1. The molecular weight excluding hydrogens is 278 g/mol. The number of hydrogen-bond donors (Lipinski definition) is 1. The molecule has 2 unspecified atom stereocenters. The summed E-state index contributed by atoms with van der Waals surface area (Å²) in [5.74, 6) is 0.443. The minimum atomic E-state index is -0.555. The Bertz CT molecular complexity index is 466. The van der Waals surface area contributed by atoms with Crippen molar-refractivity contribution in [2.24, 2.45) is 0 Å². The molecule has 0 radical (unpaired) electrons. The van der Waals surface area contributed by atoms with Crippen LogP contribution in [0.1, 0.15) is 26.2 Å². The highest BCUT2D eigenvalue weighted by Crippen LogP contribution is 2.25. The van der Waals surface area contributed by atoms with Crippen molar-refractivity contribution in [3.8, 4) is 5.75 Å². The number of para-hydroxylation sites is 1. The molecule has 0 spiro atoms. The number of rotatable bonds is 4. The Kier molecular flexibility index (Phi) is 5.26. The van der Waals surface area contributed by atoms with E-state index in [9.17, 15) is 9.90 Å². The SMILES string of the molecule is CCC(Oc1ccccc1Cl)C(=O)N1CCCC(O)C1. The number of carbonyl (C=O) groups is 1. The molecule has 0 saturated carbocycles. The van der Waals surface area contributed by atoms with Crippen molar-refractivity contribution in [2.75, 3.05) is 13.1 Å². The summed E-state index contributed by atoms with van der Waals surface area (Å²) in [5.41, 5.74) is 0. The van der Waals surface area contributed by atoms with Gasteiger partial charge in [-0.3, -0.25) is 4.79 Å². The lowest BCUT2D eigenvalue weighted by atomic mass is 10.1. The Morgan fingerprint density at radius 1 is 1.55 bits per heavy atom. The van der Waals surface area contributed by atoms with Crippen LogP contribution in [0.15, 0.2) is 24.3 Å². The molecule has 1 heterocycles. The summed E-state index contributed by atoms with van der Waals surface area (Å²) >= 11 is 6.05. The molecule has 1 aromatic rings. The van der Waals surface area contributed by atoms with Crippen LogP contribution in [-0.2, 0) is 4.79 Å². The van der Waals surface area contributed by atoms with Crippen molar-refractivity contribution in [1.29, 1.82) is 0 Å². The Balaban J connectivity index is 2.04. The fourth-order valence-corrected chi connectivity index (χ4v) is 2.54. The Morgan fingerprint density at radius 3 is 2.95 bits per heavy atom. The quantitative estimate of drug-likeness (QED) is 0.929. The summed E-state index contributed by atoms with van der Waals surface area (Å²) in [5, 5.41) is 10.2. The van der Waals surface area contributed by atoms with Gasteiger partial charge in [0.1, 0.15) is 5.75 Å². The summed E-state index contributed by atoms with van der Waals surface area (Å²) in [7, 11) is 0. The maximum absolute atomic E-state index is 12.4. The first-order valence-electron chi connectivity index (χ1n) is 7.00. The van der Waals surface area contributed by atoms with E-state index in [-0.39, 0.29) is 5.91 Å². The summed E-state index contributed by atoms with van der Waals surface area (Å²) in [6, 6.07) is 7.13. The van der Waals surface area contributed by atoms with E-state index in [1.165, 1.54) is 0 Å². The van der Waals surface area contributed by atoms with Gasteiger partial charge in [-0.1, -0.05) is 30.7 Å². The van der Waals surface area contributed by atoms with Crippen LogP contribution in [0, 0.1) is 0 Å². The Labute approximate surface area is 124 Å². The zero-order valence-corrected chi connectivity index (χ0v) is 12.3. The van der Waals surface area contributed by atoms with E-state index in [0.717, 1.165) is 12.8 Å². The standard InChI is InChI=1S/C15H20ClNO3/c1-2-13(20-14-8-4-3-7-12(14)16)15(19)17-9-5-6-11(18)10-17/h3-4,7-8,11,13,18H,2,5-6,9-10H2,1H3. The second-order valence-corrected chi connectivity index (χ2v) is 5.43. The van der Waals surface area contributed by atoms with Crippen molar-refractivity contribution >= 4 is 17.5 Å². The fraction of sp³-hybridized carbons (Fsp3) is 0.533. The van der Waals surface area contributed by atoms with Gasteiger partial charge in [0.25, 0.3) is 5.91 Å². The van der Waals surface area contributed by atoms with Gasteiger partial charge < -0.3 is 14.7 Å². The average molecular weight is 298 g/mol. The maximum atomic E-state index is 12.4. The Hall–Kier alpha value is -1.26. The summed E-state index contributed by atoms with van der Waals surface area (Å²) in [4.78, 5) is 14.1. The number of amides is 1. The van der Waals surface area contributed by atoms with E-state index in [0.29, 0.717) is 30.3 Å². The molecule has 1 aliphatic rings. The molecule has 5 heteroatoms. The lowest BCUT2D eigenvalue weighted by Gasteiger charge is -2.32. The number of ether oxygens (including phenoxy) is 1. The number of nitrogens with zero attached hydrogens (tertiary/aromatic N) is 1. The van der Waals surface area contributed by atoms with Gasteiger partial charge in [-0.2, -0.15) is 0 Å². The molecule has 0 aromatic heterocycles. The largest absolute Gasteiger partial charge is 0.479 e. The van der Waals surface area contributed by atoms with Gasteiger partial charge in [0.05, 0.1) is 11.1 Å². The highest BCUT2D eigenvalue weighted by atomic mass is 35.5. The van der Waals surface area contributed by atoms with E-state index in [2.05, 4.69) is 0 Å². The number of β-amino-alcohol motifs (C(OH)–C–C–N with tert-alkyl or cyclic N) is 1. The van der Waals surface area contributed by atoms with Crippen LogP contribution >= 0.6 is 11.6 Å². The third-order valence-corrected chi connectivity index (χ3v) is 3.77. The molecule has 0 bridgehead atoms. The first kappa shape index (κ1) is 15.1. The Morgan fingerprint density at radius 2 is 2.30 bits per heavy atom. The molecule has 4 nitrogen and oxygen atoms in total. The van der Waals surface area contributed by atoms with E-state index in [4.69, 9.17) is 16.3 Å². The summed E-state index contributed by atoms with van der Waals surface area (Å²) < 4.78 is 5.74. The van der Waals surface area contributed by atoms with Gasteiger partial charge in [-0.25, -0.2) is 0 Å². The predicted octanol–water partition coefficient (Wildman–Crippen LogP) is 2.48. The van der Waals surface area contributed by atoms with Crippen LogP contribution in [0.5, 0.6) is 5.75 Å². The molecule has 1 aliphatic heterocycles. The normalized spacial score (nSPS) is 20.6. The van der Waals surface area contributed by atoms with Crippen LogP contribution in [0.25, 0.3) is 0 Å². The fourth-order valence-electron chi connectivity index (χ4n) is 2.36.